The SMILES string of the molecule is Cc1cc(C)nc(SCC(=O)NC(c2ccc(F)cc2)c2cccs2)n1. The molecule has 2 heterocycles. The van der Waals surface area contributed by atoms with Crippen molar-refractivity contribution in [2.24, 2.45) is 0 Å². The molecule has 0 aliphatic carbocycles. The number of rotatable bonds is 6. The molecule has 0 radical (unpaired) electrons. The van der Waals surface area contributed by atoms with E-state index >= 15 is 0 Å². The Hall–Kier alpha value is -2.25. The van der Waals surface area contributed by atoms with Crippen LogP contribution in [0.2, 0.25) is 0 Å². The van der Waals surface area contributed by atoms with Crippen LogP contribution in [0.1, 0.15) is 27.9 Å². The number of nitrogens with one attached hydrogen (secondary N) is 1. The molecule has 0 aliphatic rings. The third-order valence-corrected chi connectivity index (χ3v) is 5.41. The normalized spacial score (nSPS) is 12.0. The Balaban J connectivity index is 1.70. The van der Waals surface area contributed by atoms with Crippen LogP contribution < -0.4 is 5.32 Å². The minimum absolute atomic E-state index is 0.125. The van der Waals surface area contributed by atoms with E-state index in [-0.39, 0.29) is 23.5 Å². The van der Waals surface area contributed by atoms with Gasteiger partial charge in [0, 0.05) is 16.3 Å². The molecular formula is C19H18FN3OS2. The molecule has 3 aromatic rings. The van der Waals surface area contributed by atoms with Gasteiger partial charge in [-0.1, -0.05) is 30.0 Å². The second-order valence-corrected chi connectivity index (χ2v) is 7.71. The van der Waals surface area contributed by atoms with E-state index in [2.05, 4.69) is 15.3 Å². The first-order valence-electron chi connectivity index (χ1n) is 8.04. The lowest BCUT2D eigenvalue weighted by Crippen LogP contribution is -2.30. The second-order valence-electron chi connectivity index (χ2n) is 5.79. The Labute approximate surface area is 159 Å². The van der Waals surface area contributed by atoms with Crippen LogP contribution in [0.3, 0.4) is 0 Å². The van der Waals surface area contributed by atoms with Gasteiger partial charge in [0.15, 0.2) is 5.16 Å². The number of aryl methyl sites for hydroxylation is 2. The van der Waals surface area contributed by atoms with Crippen molar-refractivity contribution in [3.05, 3.63) is 75.5 Å². The Kier molecular flexibility index (Phi) is 6.00. The number of carbonyl (C=O) groups excluding carboxylic acids is 1. The fraction of sp³-hybridized carbons (Fsp3) is 0.211. The largest absolute Gasteiger partial charge is 0.344 e. The number of benzene rings is 1. The number of carbonyl (C=O) groups is 1. The summed E-state index contributed by atoms with van der Waals surface area (Å²) in [7, 11) is 0. The van der Waals surface area contributed by atoms with Crippen LogP contribution in [0.4, 0.5) is 4.39 Å². The highest BCUT2D eigenvalue weighted by molar-refractivity contribution is 7.99. The summed E-state index contributed by atoms with van der Waals surface area (Å²) in [5.74, 6) is -0.209. The van der Waals surface area contributed by atoms with Crippen molar-refractivity contribution in [2.75, 3.05) is 5.75 Å². The number of nitrogens with zero attached hydrogens (tertiary/aromatic N) is 2. The number of hydrogen-bond acceptors (Lipinski definition) is 5. The van der Waals surface area contributed by atoms with Gasteiger partial charge in [-0.15, -0.1) is 11.3 Å². The fourth-order valence-electron chi connectivity index (χ4n) is 2.52. The average Bonchev–Trinajstić information content (AvgIpc) is 3.12. The zero-order valence-corrected chi connectivity index (χ0v) is 16.0. The van der Waals surface area contributed by atoms with Gasteiger partial charge in [-0.2, -0.15) is 0 Å². The van der Waals surface area contributed by atoms with Crippen molar-refractivity contribution >= 4 is 29.0 Å². The predicted octanol–water partition coefficient (Wildman–Crippen LogP) is 4.29. The zero-order valence-electron chi connectivity index (χ0n) is 14.4. The Bertz CT molecular complexity index is 862. The topological polar surface area (TPSA) is 54.9 Å². The van der Waals surface area contributed by atoms with Crippen LogP contribution in [0.25, 0.3) is 0 Å². The highest BCUT2D eigenvalue weighted by atomic mass is 32.2. The molecule has 26 heavy (non-hydrogen) atoms. The van der Waals surface area contributed by atoms with Crippen LogP contribution in [-0.2, 0) is 4.79 Å². The first-order chi connectivity index (χ1) is 12.5. The highest BCUT2D eigenvalue weighted by Gasteiger charge is 2.18. The summed E-state index contributed by atoms with van der Waals surface area (Å²) in [5, 5.41) is 5.57. The lowest BCUT2D eigenvalue weighted by Gasteiger charge is -2.18. The quantitative estimate of drug-likeness (QED) is 0.506. The Morgan fingerprint density at radius 3 is 2.50 bits per heavy atom. The van der Waals surface area contributed by atoms with Crippen molar-refractivity contribution in [2.45, 2.75) is 25.0 Å². The standard InChI is InChI=1S/C19H18FN3OS2/c1-12-10-13(2)22-19(21-12)26-11-17(24)23-18(16-4-3-9-25-16)14-5-7-15(20)8-6-14/h3-10,18H,11H2,1-2H3,(H,23,24). The summed E-state index contributed by atoms with van der Waals surface area (Å²) in [5.41, 5.74) is 2.60. The molecule has 2 aromatic heterocycles. The molecule has 0 saturated carbocycles. The summed E-state index contributed by atoms with van der Waals surface area (Å²) < 4.78 is 13.2. The second kappa shape index (κ2) is 8.42. The predicted molar refractivity (Wildman–Crippen MR) is 103 cm³/mol. The lowest BCUT2D eigenvalue weighted by atomic mass is 10.1. The van der Waals surface area contributed by atoms with E-state index in [0.717, 1.165) is 21.8 Å². The summed E-state index contributed by atoms with van der Waals surface area (Å²) in [6.45, 7) is 3.81. The van der Waals surface area contributed by atoms with Gasteiger partial charge in [0.25, 0.3) is 0 Å². The summed E-state index contributed by atoms with van der Waals surface area (Å²) in [6.07, 6.45) is 0. The van der Waals surface area contributed by atoms with E-state index < -0.39 is 0 Å². The molecule has 0 saturated heterocycles. The molecule has 7 heteroatoms. The van der Waals surface area contributed by atoms with Gasteiger partial charge < -0.3 is 5.32 Å². The maximum Gasteiger partial charge on any atom is 0.231 e. The molecule has 1 unspecified atom stereocenters. The zero-order chi connectivity index (χ0) is 18.5. The average molecular weight is 388 g/mol. The van der Waals surface area contributed by atoms with Gasteiger partial charge in [-0.25, -0.2) is 14.4 Å². The summed E-state index contributed by atoms with van der Waals surface area (Å²) in [4.78, 5) is 22.1. The minimum atomic E-state index is -0.302. The number of thioether (sulfide) groups is 1. The van der Waals surface area contributed by atoms with E-state index in [9.17, 15) is 9.18 Å². The molecule has 1 atom stereocenters. The van der Waals surface area contributed by atoms with Crippen LogP contribution in [-0.4, -0.2) is 21.6 Å². The number of aromatic nitrogens is 2. The number of thiophene rings is 1. The van der Waals surface area contributed by atoms with Crippen molar-refractivity contribution < 1.29 is 9.18 Å². The van der Waals surface area contributed by atoms with Crippen molar-refractivity contribution in [3.8, 4) is 0 Å². The highest BCUT2D eigenvalue weighted by Crippen LogP contribution is 2.26. The van der Waals surface area contributed by atoms with Crippen LogP contribution >= 0.6 is 23.1 Å². The maximum absolute atomic E-state index is 13.2. The van der Waals surface area contributed by atoms with Gasteiger partial charge in [0.05, 0.1) is 11.8 Å². The first kappa shape index (κ1) is 18.5. The number of halogens is 1. The molecule has 0 bridgehead atoms. The molecule has 1 aromatic carbocycles. The van der Waals surface area contributed by atoms with Crippen molar-refractivity contribution in [1.82, 2.24) is 15.3 Å². The molecule has 134 valence electrons. The van der Waals surface area contributed by atoms with E-state index in [1.54, 1.807) is 23.5 Å². The minimum Gasteiger partial charge on any atom is -0.344 e. The fourth-order valence-corrected chi connectivity index (χ4v) is 4.08. The third kappa shape index (κ3) is 4.89. The van der Waals surface area contributed by atoms with Gasteiger partial charge >= 0.3 is 0 Å². The van der Waals surface area contributed by atoms with Crippen molar-refractivity contribution in [1.29, 1.82) is 0 Å². The third-order valence-electron chi connectivity index (χ3n) is 3.63. The molecule has 1 N–H and O–H groups in total. The number of hydrogen-bond donors (Lipinski definition) is 1. The molecule has 3 rings (SSSR count). The van der Waals surface area contributed by atoms with Gasteiger partial charge in [0.1, 0.15) is 5.82 Å². The van der Waals surface area contributed by atoms with Gasteiger partial charge in [-0.3, -0.25) is 4.79 Å². The molecule has 0 aliphatic heterocycles. The van der Waals surface area contributed by atoms with Crippen molar-refractivity contribution in [3.63, 3.8) is 0 Å². The summed E-state index contributed by atoms with van der Waals surface area (Å²) >= 11 is 2.85. The van der Waals surface area contributed by atoms with Gasteiger partial charge in [-0.05, 0) is 49.1 Å². The first-order valence-corrected chi connectivity index (χ1v) is 9.91. The summed E-state index contributed by atoms with van der Waals surface area (Å²) in [6, 6.07) is 11.7. The molecule has 1 amide bonds. The van der Waals surface area contributed by atoms with E-state index in [0.29, 0.717) is 5.16 Å². The van der Waals surface area contributed by atoms with Crippen LogP contribution in [0.15, 0.2) is 53.0 Å². The molecular weight excluding hydrogens is 369 g/mol. The van der Waals surface area contributed by atoms with Crippen LogP contribution in [0.5, 0.6) is 0 Å². The van der Waals surface area contributed by atoms with E-state index in [1.807, 2.05) is 37.4 Å². The van der Waals surface area contributed by atoms with E-state index in [4.69, 9.17) is 0 Å². The Morgan fingerprint density at radius 2 is 1.88 bits per heavy atom. The maximum atomic E-state index is 13.2. The number of amides is 1. The smallest absolute Gasteiger partial charge is 0.231 e. The van der Waals surface area contributed by atoms with E-state index in [1.165, 1.54) is 23.9 Å². The monoisotopic (exact) mass is 387 g/mol. The Morgan fingerprint density at radius 1 is 1.19 bits per heavy atom. The molecule has 4 nitrogen and oxygen atoms in total. The van der Waals surface area contributed by atoms with Gasteiger partial charge in [0.2, 0.25) is 5.91 Å². The lowest BCUT2D eigenvalue weighted by molar-refractivity contribution is -0.119. The molecule has 0 spiro atoms. The molecule has 0 fully saturated rings. The van der Waals surface area contributed by atoms with Crippen LogP contribution in [0, 0.1) is 19.7 Å².